The van der Waals surface area contributed by atoms with Gasteiger partial charge < -0.3 is 5.32 Å². The number of hydrogen-bond acceptors (Lipinski definition) is 2. The van der Waals surface area contributed by atoms with Gasteiger partial charge in [0.1, 0.15) is 0 Å². The number of nitrogens with one attached hydrogen (secondary N) is 1. The van der Waals surface area contributed by atoms with Gasteiger partial charge in [-0.15, -0.1) is 0 Å². The number of hydrogen-bond donors (Lipinski definition) is 1. The Morgan fingerprint density at radius 3 is 2.47 bits per heavy atom. The van der Waals surface area contributed by atoms with Crippen LogP contribution in [0.15, 0.2) is 30.3 Å². The Labute approximate surface area is 102 Å². The first-order valence-corrected chi connectivity index (χ1v) is 6.01. The third-order valence-electron chi connectivity index (χ3n) is 2.69. The maximum absolute atomic E-state index is 11.7. The molecule has 1 unspecified atom stereocenters. The molecule has 92 valence electrons. The standard InChI is InChI=1S/C14H19NO2/c1-3-7-11(2)14(17)15-10-13(16)12-8-5-4-6-9-12/h4-6,8-9,11H,3,7,10H2,1-2H3,(H,15,17). The topological polar surface area (TPSA) is 46.2 Å². The second-order valence-electron chi connectivity index (χ2n) is 4.20. The van der Waals surface area contributed by atoms with Crippen LogP contribution in [-0.4, -0.2) is 18.2 Å². The van der Waals surface area contributed by atoms with Crippen LogP contribution < -0.4 is 5.32 Å². The van der Waals surface area contributed by atoms with E-state index in [1.54, 1.807) is 12.1 Å². The van der Waals surface area contributed by atoms with Gasteiger partial charge in [0.2, 0.25) is 5.91 Å². The highest BCUT2D eigenvalue weighted by atomic mass is 16.2. The van der Waals surface area contributed by atoms with E-state index < -0.39 is 0 Å². The summed E-state index contributed by atoms with van der Waals surface area (Å²) in [4.78, 5) is 23.3. The molecule has 1 N–H and O–H groups in total. The van der Waals surface area contributed by atoms with Crippen molar-refractivity contribution >= 4 is 11.7 Å². The van der Waals surface area contributed by atoms with Gasteiger partial charge in [-0.1, -0.05) is 50.6 Å². The molecule has 0 radical (unpaired) electrons. The first-order valence-electron chi connectivity index (χ1n) is 6.01. The van der Waals surface area contributed by atoms with Crippen LogP contribution in [0.3, 0.4) is 0 Å². The van der Waals surface area contributed by atoms with Gasteiger partial charge in [0.05, 0.1) is 6.54 Å². The second-order valence-corrected chi connectivity index (χ2v) is 4.20. The van der Waals surface area contributed by atoms with E-state index in [1.165, 1.54) is 0 Å². The molecule has 0 spiro atoms. The van der Waals surface area contributed by atoms with E-state index in [4.69, 9.17) is 0 Å². The minimum atomic E-state index is -0.0531. The SMILES string of the molecule is CCCC(C)C(=O)NCC(=O)c1ccccc1. The molecule has 0 heterocycles. The second kappa shape index (κ2) is 6.84. The van der Waals surface area contributed by atoms with Crippen molar-refractivity contribution in [3.05, 3.63) is 35.9 Å². The molecular formula is C14H19NO2. The number of Topliss-reactive ketones (excluding diaryl/α,β-unsaturated/α-hetero) is 1. The van der Waals surface area contributed by atoms with Crippen LogP contribution in [0.1, 0.15) is 37.0 Å². The van der Waals surface area contributed by atoms with Gasteiger partial charge in [0, 0.05) is 11.5 Å². The fourth-order valence-corrected chi connectivity index (χ4v) is 1.63. The summed E-state index contributed by atoms with van der Waals surface area (Å²) in [7, 11) is 0. The van der Waals surface area contributed by atoms with Crippen molar-refractivity contribution in [3.8, 4) is 0 Å². The van der Waals surface area contributed by atoms with Gasteiger partial charge in [0.15, 0.2) is 5.78 Å². The van der Waals surface area contributed by atoms with E-state index in [0.717, 1.165) is 12.8 Å². The van der Waals surface area contributed by atoms with Crippen LogP contribution in [0.5, 0.6) is 0 Å². The molecule has 1 aromatic rings. The van der Waals surface area contributed by atoms with E-state index >= 15 is 0 Å². The zero-order valence-corrected chi connectivity index (χ0v) is 10.4. The molecule has 0 aromatic heterocycles. The summed E-state index contributed by atoms with van der Waals surface area (Å²) in [5.41, 5.74) is 0.635. The summed E-state index contributed by atoms with van der Waals surface area (Å²) in [5, 5.41) is 2.68. The number of ketones is 1. The predicted molar refractivity (Wildman–Crippen MR) is 67.9 cm³/mol. The number of carbonyl (C=O) groups excluding carboxylic acids is 2. The molecule has 0 bridgehead atoms. The molecule has 0 saturated carbocycles. The van der Waals surface area contributed by atoms with Crippen LogP contribution in [0.4, 0.5) is 0 Å². The highest BCUT2D eigenvalue weighted by Gasteiger charge is 2.13. The van der Waals surface area contributed by atoms with Gasteiger partial charge in [-0.05, 0) is 6.42 Å². The summed E-state index contributed by atoms with van der Waals surface area (Å²) in [6.45, 7) is 4.00. The number of benzene rings is 1. The first-order chi connectivity index (χ1) is 8.15. The maximum atomic E-state index is 11.7. The lowest BCUT2D eigenvalue weighted by Crippen LogP contribution is -2.33. The van der Waals surface area contributed by atoms with Crippen molar-refractivity contribution in [3.63, 3.8) is 0 Å². The average Bonchev–Trinajstić information content (AvgIpc) is 2.36. The Kier molecular flexibility index (Phi) is 5.40. The van der Waals surface area contributed by atoms with Crippen LogP contribution in [0, 0.1) is 5.92 Å². The van der Waals surface area contributed by atoms with E-state index in [-0.39, 0.29) is 24.2 Å². The summed E-state index contributed by atoms with van der Waals surface area (Å²) in [5.74, 6) is -0.123. The van der Waals surface area contributed by atoms with E-state index in [9.17, 15) is 9.59 Å². The fraction of sp³-hybridized carbons (Fsp3) is 0.429. The molecule has 3 nitrogen and oxygen atoms in total. The third-order valence-corrected chi connectivity index (χ3v) is 2.69. The summed E-state index contributed by atoms with van der Waals surface area (Å²) >= 11 is 0. The Balaban J connectivity index is 2.41. The third kappa shape index (κ3) is 4.39. The molecule has 1 aromatic carbocycles. The molecule has 1 rings (SSSR count). The lowest BCUT2D eigenvalue weighted by molar-refractivity contribution is -0.124. The first kappa shape index (κ1) is 13.4. The molecule has 3 heteroatoms. The molecule has 1 amide bonds. The van der Waals surface area contributed by atoms with Crippen molar-refractivity contribution in [1.82, 2.24) is 5.32 Å². The van der Waals surface area contributed by atoms with Crippen molar-refractivity contribution < 1.29 is 9.59 Å². The van der Waals surface area contributed by atoms with Crippen molar-refractivity contribution in [2.75, 3.05) is 6.54 Å². The van der Waals surface area contributed by atoms with Gasteiger partial charge in [-0.3, -0.25) is 9.59 Å². The van der Waals surface area contributed by atoms with Crippen molar-refractivity contribution in [2.45, 2.75) is 26.7 Å². The fourth-order valence-electron chi connectivity index (χ4n) is 1.63. The van der Waals surface area contributed by atoms with Crippen molar-refractivity contribution in [2.24, 2.45) is 5.92 Å². The normalized spacial score (nSPS) is 11.9. The largest absolute Gasteiger partial charge is 0.348 e. The van der Waals surface area contributed by atoms with Gasteiger partial charge in [-0.25, -0.2) is 0 Å². The Morgan fingerprint density at radius 2 is 1.88 bits per heavy atom. The van der Waals surface area contributed by atoms with Crippen LogP contribution in [-0.2, 0) is 4.79 Å². The summed E-state index contributed by atoms with van der Waals surface area (Å²) in [6.07, 6.45) is 1.83. The van der Waals surface area contributed by atoms with Gasteiger partial charge >= 0.3 is 0 Å². The lowest BCUT2D eigenvalue weighted by atomic mass is 10.1. The molecule has 0 aliphatic carbocycles. The zero-order chi connectivity index (χ0) is 12.7. The monoisotopic (exact) mass is 233 g/mol. The minimum Gasteiger partial charge on any atom is -0.348 e. The number of amides is 1. The Morgan fingerprint density at radius 1 is 1.24 bits per heavy atom. The van der Waals surface area contributed by atoms with Crippen LogP contribution in [0.2, 0.25) is 0 Å². The smallest absolute Gasteiger partial charge is 0.223 e. The molecule has 0 aliphatic rings. The Hall–Kier alpha value is -1.64. The number of rotatable bonds is 6. The molecule has 0 saturated heterocycles. The van der Waals surface area contributed by atoms with Crippen LogP contribution >= 0.6 is 0 Å². The predicted octanol–water partition coefficient (Wildman–Crippen LogP) is 2.42. The lowest BCUT2D eigenvalue weighted by Gasteiger charge is -2.10. The highest BCUT2D eigenvalue weighted by molar-refractivity contribution is 5.99. The average molecular weight is 233 g/mol. The number of carbonyl (C=O) groups is 2. The van der Waals surface area contributed by atoms with Crippen LogP contribution in [0.25, 0.3) is 0 Å². The maximum Gasteiger partial charge on any atom is 0.223 e. The molecule has 17 heavy (non-hydrogen) atoms. The van der Waals surface area contributed by atoms with Crippen molar-refractivity contribution in [1.29, 1.82) is 0 Å². The van der Waals surface area contributed by atoms with E-state index in [2.05, 4.69) is 5.32 Å². The highest BCUT2D eigenvalue weighted by Crippen LogP contribution is 2.05. The van der Waals surface area contributed by atoms with E-state index in [0.29, 0.717) is 5.56 Å². The molecule has 0 aliphatic heterocycles. The van der Waals surface area contributed by atoms with Gasteiger partial charge in [0.25, 0.3) is 0 Å². The van der Waals surface area contributed by atoms with Gasteiger partial charge in [-0.2, -0.15) is 0 Å². The quantitative estimate of drug-likeness (QED) is 0.767. The van der Waals surface area contributed by atoms with E-state index in [1.807, 2.05) is 32.0 Å². The molecular weight excluding hydrogens is 214 g/mol. The summed E-state index contributed by atoms with van der Waals surface area (Å²) < 4.78 is 0. The molecule has 1 atom stereocenters. The minimum absolute atomic E-state index is 0.0245. The Bertz CT molecular complexity index is 373. The summed E-state index contributed by atoms with van der Waals surface area (Å²) in [6, 6.07) is 9.00. The molecule has 0 fully saturated rings. The zero-order valence-electron chi connectivity index (χ0n) is 10.4.